The lowest BCUT2D eigenvalue weighted by Crippen LogP contribution is -2.41. The largest absolute Gasteiger partial charge is 0.464 e. The average molecular weight is 331 g/mol. The van der Waals surface area contributed by atoms with Crippen molar-refractivity contribution in [1.29, 1.82) is 0 Å². The summed E-state index contributed by atoms with van der Waals surface area (Å²) in [7, 11) is 0. The van der Waals surface area contributed by atoms with Crippen molar-refractivity contribution < 1.29 is 14.5 Å². The van der Waals surface area contributed by atoms with Gasteiger partial charge in [0.15, 0.2) is 0 Å². The summed E-state index contributed by atoms with van der Waals surface area (Å²) in [6.45, 7) is 5.17. The van der Waals surface area contributed by atoms with Crippen LogP contribution in [-0.4, -0.2) is 23.0 Å². The van der Waals surface area contributed by atoms with Crippen molar-refractivity contribution in [3.8, 4) is 0 Å². The minimum atomic E-state index is -1.05. The Morgan fingerprint density at radius 3 is 2.68 bits per heavy atom. The fourth-order valence-corrected chi connectivity index (χ4v) is 1.83. The van der Waals surface area contributed by atoms with E-state index in [1.54, 1.807) is 32.9 Å². The highest BCUT2D eigenvalue weighted by atomic mass is 79.9. The molecule has 0 fully saturated rings. The Balaban J connectivity index is 3.07. The summed E-state index contributed by atoms with van der Waals surface area (Å²) < 4.78 is 5.61. The molecular formula is C12H15BrN2O4. The molecule has 0 aliphatic heterocycles. The van der Waals surface area contributed by atoms with Gasteiger partial charge in [-0.2, -0.15) is 0 Å². The van der Waals surface area contributed by atoms with Crippen LogP contribution in [0.3, 0.4) is 0 Å². The lowest BCUT2D eigenvalue weighted by atomic mass is 10.1. The third kappa shape index (κ3) is 3.92. The Labute approximate surface area is 119 Å². The monoisotopic (exact) mass is 330 g/mol. The van der Waals surface area contributed by atoms with Crippen molar-refractivity contribution in [2.45, 2.75) is 26.3 Å². The van der Waals surface area contributed by atoms with E-state index in [0.29, 0.717) is 4.47 Å². The Morgan fingerprint density at radius 1 is 1.53 bits per heavy atom. The third-order valence-electron chi connectivity index (χ3n) is 2.39. The molecule has 1 aromatic rings. The molecule has 7 heteroatoms. The van der Waals surface area contributed by atoms with Crippen molar-refractivity contribution in [3.05, 3.63) is 32.8 Å². The van der Waals surface area contributed by atoms with Gasteiger partial charge in [0.2, 0.25) is 0 Å². The van der Waals surface area contributed by atoms with Gasteiger partial charge >= 0.3 is 5.97 Å². The van der Waals surface area contributed by atoms with E-state index in [1.807, 2.05) is 0 Å². The van der Waals surface area contributed by atoms with Crippen molar-refractivity contribution >= 4 is 33.3 Å². The number of hydrogen-bond acceptors (Lipinski definition) is 5. The molecule has 1 N–H and O–H groups in total. The molecule has 0 aliphatic carbocycles. The van der Waals surface area contributed by atoms with E-state index in [9.17, 15) is 14.9 Å². The summed E-state index contributed by atoms with van der Waals surface area (Å²) in [5, 5.41) is 13.8. The van der Waals surface area contributed by atoms with Crippen LogP contribution in [-0.2, 0) is 9.53 Å². The third-order valence-corrected chi connectivity index (χ3v) is 2.88. The Morgan fingerprint density at radius 2 is 2.16 bits per heavy atom. The van der Waals surface area contributed by atoms with Gasteiger partial charge in [-0.25, -0.2) is 4.79 Å². The van der Waals surface area contributed by atoms with E-state index in [-0.39, 0.29) is 18.0 Å². The molecule has 19 heavy (non-hydrogen) atoms. The molecule has 0 spiro atoms. The Kier molecular flexibility index (Phi) is 4.88. The lowest BCUT2D eigenvalue weighted by Gasteiger charge is -2.24. The Hall–Kier alpha value is -1.63. The maximum atomic E-state index is 11.8. The number of halogens is 1. The van der Waals surface area contributed by atoms with Gasteiger partial charge < -0.3 is 10.1 Å². The molecular weight excluding hydrogens is 316 g/mol. The SMILES string of the molecule is CCOC(=O)C(C)(C)Nc1cc(Br)ccc1[N+](=O)[O-]. The molecule has 0 atom stereocenters. The number of ether oxygens (including phenoxy) is 1. The summed E-state index contributed by atoms with van der Waals surface area (Å²) in [4.78, 5) is 22.2. The maximum absolute atomic E-state index is 11.8. The molecule has 1 aromatic carbocycles. The number of nitro groups is 1. The molecule has 104 valence electrons. The van der Waals surface area contributed by atoms with Gasteiger partial charge in [0.05, 0.1) is 11.5 Å². The Bertz CT molecular complexity index is 503. The van der Waals surface area contributed by atoms with Crippen LogP contribution in [0.4, 0.5) is 11.4 Å². The number of rotatable bonds is 5. The molecule has 1 rings (SSSR count). The lowest BCUT2D eigenvalue weighted by molar-refractivity contribution is -0.384. The van der Waals surface area contributed by atoms with Crippen LogP contribution in [0.5, 0.6) is 0 Å². The van der Waals surface area contributed by atoms with Crippen LogP contribution in [0.2, 0.25) is 0 Å². The van der Waals surface area contributed by atoms with E-state index in [4.69, 9.17) is 4.74 Å². The van der Waals surface area contributed by atoms with Crippen LogP contribution in [0, 0.1) is 10.1 Å². The first-order valence-electron chi connectivity index (χ1n) is 5.67. The molecule has 0 unspecified atom stereocenters. The predicted octanol–water partition coefficient (Wildman–Crippen LogP) is 3.11. The number of anilines is 1. The number of nitro benzene ring substituents is 1. The average Bonchev–Trinajstić information content (AvgIpc) is 2.28. The van der Waals surface area contributed by atoms with Crippen molar-refractivity contribution in [2.24, 2.45) is 0 Å². The number of hydrogen-bond donors (Lipinski definition) is 1. The van der Waals surface area contributed by atoms with Crippen LogP contribution in [0.15, 0.2) is 22.7 Å². The number of carbonyl (C=O) groups excluding carboxylic acids is 1. The van der Waals surface area contributed by atoms with Gasteiger partial charge in [-0.15, -0.1) is 0 Å². The van der Waals surface area contributed by atoms with Gasteiger partial charge in [0.1, 0.15) is 11.2 Å². The molecule has 6 nitrogen and oxygen atoms in total. The number of benzene rings is 1. The zero-order chi connectivity index (χ0) is 14.6. The highest BCUT2D eigenvalue weighted by molar-refractivity contribution is 9.10. The molecule has 0 saturated heterocycles. The molecule has 0 radical (unpaired) electrons. The number of esters is 1. The maximum Gasteiger partial charge on any atom is 0.331 e. The summed E-state index contributed by atoms with van der Waals surface area (Å²) in [6.07, 6.45) is 0. The van der Waals surface area contributed by atoms with Gasteiger partial charge in [-0.1, -0.05) is 15.9 Å². The van der Waals surface area contributed by atoms with E-state index in [2.05, 4.69) is 21.2 Å². The van der Waals surface area contributed by atoms with E-state index < -0.39 is 16.4 Å². The number of nitrogens with zero attached hydrogens (tertiary/aromatic N) is 1. The number of carbonyl (C=O) groups is 1. The molecule has 0 aromatic heterocycles. The van der Waals surface area contributed by atoms with Gasteiger partial charge in [0.25, 0.3) is 5.69 Å². The first-order chi connectivity index (χ1) is 8.77. The van der Waals surface area contributed by atoms with Gasteiger partial charge in [-0.3, -0.25) is 10.1 Å². The smallest absolute Gasteiger partial charge is 0.331 e. The molecule has 0 amide bonds. The highest BCUT2D eigenvalue weighted by Gasteiger charge is 2.31. The summed E-state index contributed by atoms with van der Waals surface area (Å²) in [5.74, 6) is -0.468. The van der Waals surface area contributed by atoms with E-state index in [1.165, 1.54) is 6.07 Å². The van der Waals surface area contributed by atoms with Gasteiger partial charge in [0, 0.05) is 10.5 Å². The fourth-order valence-electron chi connectivity index (χ4n) is 1.47. The molecule has 0 heterocycles. The van der Waals surface area contributed by atoms with Crippen LogP contribution in [0.25, 0.3) is 0 Å². The summed E-state index contributed by atoms with van der Waals surface area (Å²) >= 11 is 3.24. The quantitative estimate of drug-likeness (QED) is 0.509. The van der Waals surface area contributed by atoms with Crippen molar-refractivity contribution in [2.75, 3.05) is 11.9 Å². The molecule has 0 bridgehead atoms. The van der Waals surface area contributed by atoms with Crippen LogP contribution < -0.4 is 5.32 Å². The molecule has 0 aliphatic rings. The summed E-state index contributed by atoms with van der Waals surface area (Å²) in [5.41, 5.74) is -0.889. The van der Waals surface area contributed by atoms with E-state index in [0.717, 1.165) is 0 Å². The second-order valence-electron chi connectivity index (χ2n) is 4.39. The summed E-state index contributed by atoms with van der Waals surface area (Å²) in [6, 6.07) is 4.49. The van der Waals surface area contributed by atoms with Gasteiger partial charge in [-0.05, 0) is 32.9 Å². The second kappa shape index (κ2) is 6.01. The minimum Gasteiger partial charge on any atom is -0.464 e. The van der Waals surface area contributed by atoms with Crippen LogP contribution >= 0.6 is 15.9 Å². The zero-order valence-corrected chi connectivity index (χ0v) is 12.5. The first kappa shape index (κ1) is 15.4. The zero-order valence-electron chi connectivity index (χ0n) is 10.9. The first-order valence-corrected chi connectivity index (χ1v) is 6.46. The topological polar surface area (TPSA) is 81.5 Å². The predicted molar refractivity (Wildman–Crippen MR) is 75.1 cm³/mol. The fraction of sp³-hybridized carbons (Fsp3) is 0.417. The minimum absolute atomic E-state index is 0.0967. The van der Waals surface area contributed by atoms with Crippen molar-refractivity contribution in [3.63, 3.8) is 0 Å². The highest BCUT2D eigenvalue weighted by Crippen LogP contribution is 2.30. The standard InChI is InChI=1S/C12H15BrN2O4/c1-4-19-11(16)12(2,3)14-9-7-8(13)5-6-10(9)15(17)18/h5-7,14H,4H2,1-3H3. The molecule has 0 saturated carbocycles. The van der Waals surface area contributed by atoms with E-state index >= 15 is 0 Å². The second-order valence-corrected chi connectivity index (χ2v) is 5.30. The van der Waals surface area contributed by atoms with Crippen molar-refractivity contribution in [1.82, 2.24) is 0 Å². The normalized spacial score (nSPS) is 10.9. The number of nitrogens with one attached hydrogen (secondary N) is 1. The van der Waals surface area contributed by atoms with Crippen LogP contribution in [0.1, 0.15) is 20.8 Å².